The first-order valence-electron chi connectivity index (χ1n) is 7.50. The third-order valence-electron chi connectivity index (χ3n) is 3.73. The van der Waals surface area contributed by atoms with Gasteiger partial charge in [-0.25, -0.2) is 9.48 Å². The van der Waals surface area contributed by atoms with Gasteiger partial charge in [0.2, 0.25) is 5.89 Å². The molecule has 2 aromatic rings. The zero-order chi connectivity index (χ0) is 15.7. The summed E-state index contributed by atoms with van der Waals surface area (Å²) >= 11 is 0. The lowest BCUT2D eigenvalue weighted by atomic mass is 10.0. The van der Waals surface area contributed by atoms with E-state index in [1.807, 2.05) is 20.8 Å². The minimum Gasteiger partial charge on any atom is -0.381 e. The Bertz CT molecular complexity index is 688. The Hall–Kier alpha value is -1.96. The predicted molar refractivity (Wildman–Crippen MR) is 77.7 cm³/mol. The molecule has 0 saturated carbocycles. The molecular formula is C14H21N5O3. The van der Waals surface area contributed by atoms with Gasteiger partial charge in [0.15, 0.2) is 5.82 Å². The normalized spacial score (nSPS) is 17.0. The fraction of sp³-hybridized carbons (Fsp3) is 0.714. The molecule has 3 rings (SSSR count). The minimum atomic E-state index is -0.354. The van der Waals surface area contributed by atoms with Crippen LogP contribution in [0, 0.1) is 0 Å². The van der Waals surface area contributed by atoms with Gasteiger partial charge < -0.3 is 9.26 Å². The van der Waals surface area contributed by atoms with Crippen molar-refractivity contribution in [1.82, 2.24) is 24.5 Å². The van der Waals surface area contributed by atoms with Crippen LogP contribution < -0.4 is 5.69 Å². The lowest BCUT2D eigenvalue weighted by molar-refractivity contribution is 0.0778. The fourth-order valence-electron chi connectivity index (χ4n) is 2.50. The van der Waals surface area contributed by atoms with E-state index in [9.17, 15) is 4.79 Å². The van der Waals surface area contributed by atoms with Gasteiger partial charge in [-0.05, 0) is 33.6 Å². The number of aromatic nitrogens is 5. The van der Waals surface area contributed by atoms with E-state index in [-0.39, 0.29) is 23.7 Å². The summed E-state index contributed by atoms with van der Waals surface area (Å²) in [6.07, 6.45) is 3.30. The molecule has 0 atom stereocenters. The number of ether oxygens (including phenoxy) is 1. The zero-order valence-electron chi connectivity index (χ0n) is 13.2. The summed E-state index contributed by atoms with van der Waals surface area (Å²) in [5.74, 6) is 1.38. The average Bonchev–Trinajstić information content (AvgIpc) is 3.08. The first-order chi connectivity index (χ1) is 10.4. The van der Waals surface area contributed by atoms with Gasteiger partial charge in [-0.15, -0.1) is 0 Å². The van der Waals surface area contributed by atoms with Crippen molar-refractivity contribution in [2.24, 2.45) is 0 Å². The van der Waals surface area contributed by atoms with E-state index in [1.165, 1.54) is 15.6 Å². The molecule has 22 heavy (non-hydrogen) atoms. The van der Waals surface area contributed by atoms with Crippen molar-refractivity contribution >= 4 is 0 Å². The highest BCUT2D eigenvalue weighted by Gasteiger charge is 2.23. The van der Waals surface area contributed by atoms with E-state index in [0.717, 1.165) is 26.1 Å². The van der Waals surface area contributed by atoms with Crippen molar-refractivity contribution in [3.05, 3.63) is 28.5 Å². The average molecular weight is 307 g/mol. The molecule has 0 amide bonds. The topological polar surface area (TPSA) is 88.0 Å². The fourth-order valence-corrected chi connectivity index (χ4v) is 2.50. The summed E-state index contributed by atoms with van der Waals surface area (Å²) in [6, 6.07) is 0. The molecule has 2 aromatic heterocycles. The van der Waals surface area contributed by atoms with Crippen LogP contribution in [0.3, 0.4) is 0 Å². The molecular weight excluding hydrogens is 286 g/mol. The van der Waals surface area contributed by atoms with Crippen molar-refractivity contribution in [2.75, 3.05) is 13.2 Å². The van der Waals surface area contributed by atoms with Crippen molar-refractivity contribution in [2.45, 2.75) is 51.6 Å². The Morgan fingerprint density at radius 1 is 1.32 bits per heavy atom. The Morgan fingerprint density at radius 3 is 2.68 bits per heavy atom. The standard InChI is InChI=1S/C14H21N5O3/c1-14(2,3)19-13(20)18(9-15-19)8-11-16-12(22-17-11)10-4-6-21-7-5-10/h9-10H,4-8H2,1-3H3. The molecule has 1 saturated heterocycles. The summed E-state index contributed by atoms with van der Waals surface area (Å²) in [5.41, 5.74) is -0.530. The quantitative estimate of drug-likeness (QED) is 0.844. The maximum atomic E-state index is 12.3. The summed E-state index contributed by atoms with van der Waals surface area (Å²) < 4.78 is 13.6. The van der Waals surface area contributed by atoms with Crippen molar-refractivity contribution in [3.8, 4) is 0 Å². The van der Waals surface area contributed by atoms with Gasteiger partial charge >= 0.3 is 5.69 Å². The van der Waals surface area contributed by atoms with E-state index in [4.69, 9.17) is 9.26 Å². The first-order valence-corrected chi connectivity index (χ1v) is 7.50. The van der Waals surface area contributed by atoms with Crippen LogP contribution >= 0.6 is 0 Å². The van der Waals surface area contributed by atoms with Gasteiger partial charge in [-0.1, -0.05) is 5.16 Å². The Morgan fingerprint density at radius 2 is 2.05 bits per heavy atom. The molecule has 0 radical (unpaired) electrons. The third kappa shape index (κ3) is 2.96. The lowest BCUT2D eigenvalue weighted by Gasteiger charge is -2.17. The maximum Gasteiger partial charge on any atom is 0.346 e. The molecule has 1 aliphatic heterocycles. The largest absolute Gasteiger partial charge is 0.381 e. The Balaban J connectivity index is 1.75. The summed E-state index contributed by atoms with van der Waals surface area (Å²) in [6.45, 7) is 7.51. The SMILES string of the molecule is CC(C)(C)n1ncn(Cc2noc(C3CCOCC3)n2)c1=O. The second-order valence-corrected chi connectivity index (χ2v) is 6.56. The van der Waals surface area contributed by atoms with E-state index in [2.05, 4.69) is 15.2 Å². The number of rotatable bonds is 3. The van der Waals surface area contributed by atoms with Crippen LogP contribution in [0.15, 0.2) is 15.6 Å². The van der Waals surface area contributed by atoms with Crippen molar-refractivity contribution < 1.29 is 9.26 Å². The highest BCUT2D eigenvalue weighted by atomic mass is 16.5. The van der Waals surface area contributed by atoms with Crippen LogP contribution in [0.4, 0.5) is 0 Å². The smallest absolute Gasteiger partial charge is 0.346 e. The van der Waals surface area contributed by atoms with E-state index < -0.39 is 0 Å². The highest BCUT2D eigenvalue weighted by molar-refractivity contribution is 4.96. The van der Waals surface area contributed by atoms with Gasteiger partial charge in [0.25, 0.3) is 0 Å². The van der Waals surface area contributed by atoms with E-state index in [1.54, 1.807) is 0 Å². The van der Waals surface area contributed by atoms with Gasteiger partial charge in [0.1, 0.15) is 6.33 Å². The van der Waals surface area contributed by atoms with E-state index in [0.29, 0.717) is 11.7 Å². The maximum absolute atomic E-state index is 12.3. The van der Waals surface area contributed by atoms with Gasteiger partial charge in [-0.3, -0.25) is 4.57 Å². The molecule has 0 aromatic carbocycles. The van der Waals surface area contributed by atoms with E-state index >= 15 is 0 Å². The molecule has 1 aliphatic rings. The third-order valence-corrected chi connectivity index (χ3v) is 3.73. The zero-order valence-corrected chi connectivity index (χ0v) is 13.2. The van der Waals surface area contributed by atoms with Crippen LogP contribution in [-0.4, -0.2) is 37.7 Å². The monoisotopic (exact) mass is 307 g/mol. The molecule has 0 unspecified atom stereocenters. The van der Waals surface area contributed by atoms with Crippen LogP contribution in [0.5, 0.6) is 0 Å². The Labute approximate surface area is 128 Å². The second-order valence-electron chi connectivity index (χ2n) is 6.56. The molecule has 0 aliphatic carbocycles. The van der Waals surface area contributed by atoms with Crippen LogP contribution in [0.1, 0.15) is 51.2 Å². The number of hydrogen-bond acceptors (Lipinski definition) is 6. The highest BCUT2D eigenvalue weighted by Crippen LogP contribution is 2.25. The molecule has 0 spiro atoms. The van der Waals surface area contributed by atoms with Crippen molar-refractivity contribution in [1.29, 1.82) is 0 Å². The van der Waals surface area contributed by atoms with Crippen LogP contribution in [-0.2, 0) is 16.8 Å². The van der Waals surface area contributed by atoms with Gasteiger partial charge in [-0.2, -0.15) is 10.1 Å². The summed E-state index contributed by atoms with van der Waals surface area (Å²) in [7, 11) is 0. The molecule has 1 fully saturated rings. The predicted octanol–water partition coefficient (Wildman–Crippen LogP) is 1.13. The second kappa shape index (κ2) is 5.68. The molecule has 3 heterocycles. The van der Waals surface area contributed by atoms with Crippen LogP contribution in [0.2, 0.25) is 0 Å². The lowest BCUT2D eigenvalue weighted by Crippen LogP contribution is -2.36. The summed E-state index contributed by atoms with van der Waals surface area (Å²) in [4.78, 5) is 16.7. The molecule has 0 bridgehead atoms. The number of nitrogens with zero attached hydrogens (tertiary/aromatic N) is 5. The molecule has 8 nitrogen and oxygen atoms in total. The minimum absolute atomic E-state index is 0.176. The van der Waals surface area contributed by atoms with Gasteiger partial charge in [0.05, 0.1) is 12.1 Å². The molecule has 120 valence electrons. The molecule has 8 heteroatoms. The van der Waals surface area contributed by atoms with Crippen molar-refractivity contribution in [3.63, 3.8) is 0 Å². The number of hydrogen-bond donors (Lipinski definition) is 0. The van der Waals surface area contributed by atoms with Gasteiger partial charge in [0, 0.05) is 19.1 Å². The summed E-state index contributed by atoms with van der Waals surface area (Å²) in [5, 5.41) is 8.12. The van der Waals surface area contributed by atoms with Crippen LogP contribution in [0.25, 0.3) is 0 Å². The Kier molecular flexibility index (Phi) is 3.86. The first kappa shape index (κ1) is 15.0. The molecule has 0 N–H and O–H groups in total.